The summed E-state index contributed by atoms with van der Waals surface area (Å²) in [4.78, 5) is 20.2. The Kier molecular flexibility index (Phi) is 6.33. The van der Waals surface area contributed by atoms with Gasteiger partial charge in [0.25, 0.3) is 0 Å². The van der Waals surface area contributed by atoms with Gasteiger partial charge in [-0.05, 0) is 56.7 Å². The minimum absolute atomic E-state index is 0.319. The molecule has 1 aromatic heterocycles. The number of nitrogens with zero attached hydrogens (tertiary/aromatic N) is 3. The molecule has 134 valence electrons. The number of rotatable bonds is 8. The van der Waals surface area contributed by atoms with Crippen LogP contribution in [0.3, 0.4) is 0 Å². The third-order valence-corrected chi connectivity index (χ3v) is 4.29. The van der Waals surface area contributed by atoms with Crippen LogP contribution in [0.4, 0.5) is 15.9 Å². The van der Waals surface area contributed by atoms with E-state index in [2.05, 4.69) is 23.7 Å². The van der Waals surface area contributed by atoms with Crippen molar-refractivity contribution in [3.63, 3.8) is 0 Å². The summed E-state index contributed by atoms with van der Waals surface area (Å²) in [6, 6.07) is 9.48. The monoisotopic (exact) mass is 344 g/mol. The van der Waals surface area contributed by atoms with E-state index in [1.807, 2.05) is 17.0 Å². The van der Waals surface area contributed by atoms with Crippen molar-refractivity contribution in [1.29, 1.82) is 0 Å². The predicted molar refractivity (Wildman–Crippen MR) is 99.0 cm³/mol. The number of benzene rings is 1. The Bertz CT molecular complexity index is 684. The van der Waals surface area contributed by atoms with E-state index in [1.54, 1.807) is 25.3 Å². The van der Waals surface area contributed by atoms with E-state index in [-0.39, 0.29) is 5.82 Å². The molecule has 0 aliphatic rings. The molecule has 1 amide bonds. The van der Waals surface area contributed by atoms with Crippen LogP contribution >= 0.6 is 0 Å². The summed E-state index contributed by atoms with van der Waals surface area (Å²) < 4.78 is 13.2. The number of halogens is 1. The maximum Gasteiger partial charge on any atom is 0.239 e. The average Bonchev–Trinajstić information content (AvgIpc) is 2.62. The molecular formula is C19H25FN4O. The second-order valence-electron chi connectivity index (χ2n) is 5.88. The highest BCUT2D eigenvalue weighted by atomic mass is 19.1. The van der Waals surface area contributed by atoms with Gasteiger partial charge in [-0.2, -0.15) is 0 Å². The van der Waals surface area contributed by atoms with E-state index in [4.69, 9.17) is 5.73 Å². The Morgan fingerprint density at radius 1 is 1.16 bits per heavy atom. The molecule has 0 bridgehead atoms. The van der Waals surface area contributed by atoms with Crippen molar-refractivity contribution in [2.45, 2.75) is 33.4 Å². The van der Waals surface area contributed by atoms with Crippen molar-refractivity contribution in [1.82, 2.24) is 4.98 Å². The zero-order valence-electron chi connectivity index (χ0n) is 14.9. The van der Waals surface area contributed by atoms with Gasteiger partial charge in [-0.3, -0.25) is 4.79 Å². The number of carbonyl (C=O) groups excluding carboxylic acids is 1. The highest BCUT2D eigenvalue weighted by Gasteiger charge is 2.20. The minimum atomic E-state index is -0.520. The first-order chi connectivity index (χ1) is 12.0. The molecule has 2 N–H and O–H groups in total. The molecule has 0 aliphatic heterocycles. The van der Waals surface area contributed by atoms with Crippen LogP contribution in [0.15, 0.2) is 42.6 Å². The first kappa shape index (κ1) is 18.7. The molecule has 0 spiro atoms. The molecule has 5 nitrogen and oxygen atoms in total. The molecule has 2 rings (SSSR count). The van der Waals surface area contributed by atoms with Gasteiger partial charge in [-0.15, -0.1) is 0 Å². The van der Waals surface area contributed by atoms with Crippen LogP contribution in [0.5, 0.6) is 0 Å². The average molecular weight is 344 g/mol. The lowest BCUT2D eigenvalue weighted by atomic mass is 10.1. The Hall–Kier alpha value is -2.63. The van der Waals surface area contributed by atoms with E-state index in [0.29, 0.717) is 6.54 Å². The first-order valence-electron chi connectivity index (χ1n) is 8.47. The number of aromatic nitrogens is 1. The van der Waals surface area contributed by atoms with Crippen LogP contribution < -0.4 is 15.5 Å². The van der Waals surface area contributed by atoms with E-state index in [9.17, 15) is 9.18 Å². The van der Waals surface area contributed by atoms with Crippen molar-refractivity contribution in [3.05, 3.63) is 54.0 Å². The molecular weight excluding hydrogens is 319 g/mol. The molecule has 0 unspecified atom stereocenters. The Balaban J connectivity index is 2.24. The summed E-state index contributed by atoms with van der Waals surface area (Å²) in [6.45, 7) is 8.16. The molecule has 1 atom stereocenters. The third kappa shape index (κ3) is 4.68. The second-order valence-corrected chi connectivity index (χ2v) is 5.88. The quantitative estimate of drug-likeness (QED) is 0.800. The Morgan fingerprint density at radius 2 is 1.80 bits per heavy atom. The molecule has 0 aliphatic carbocycles. The second kappa shape index (κ2) is 8.46. The number of nitrogens with two attached hydrogens (primary N) is 1. The van der Waals surface area contributed by atoms with Crippen LogP contribution in [0.1, 0.15) is 26.3 Å². The molecule has 0 saturated heterocycles. The number of primary amides is 1. The molecule has 2 aromatic rings. The number of carbonyl (C=O) groups is 1. The highest BCUT2D eigenvalue weighted by Crippen LogP contribution is 2.21. The van der Waals surface area contributed by atoms with Crippen LogP contribution in [-0.2, 0) is 11.3 Å². The van der Waals surface area contributed by atoms with Gasteiger partial charge in [0.1, 0.15) is 17.7 Å². The van der Waals surface area contributed by atoms with Gasteiger partial charge in [0.2, 0.25) is 5.91 Å². The number of pyridine rings is 1. The lowest BCUT2D eigenvalue weighted by Gasteiger charge is -2.29. The standard InChI is InChI=1S/C19H25FN4O/c1-4-23(5-2)18-11-6-15(12-22-18)13-24(14(3)19(21)25)17-9-7-16(20)8-10-17/h6-12,14H,4-5,13H2,1-3H3,(H2,21,25)/t14-/m0/s1. The van der Waals surface area contributed by atoms with E-state index >= 15 is 0 Å². The van der Waals surface area contributed by atoms with Crippen LogP contribution in [0, 0.1) is 5.82 Å². The fourth-order valence-corrected chi connectivity index (χ4v) is 2.68. The van der Waals surface area contributed by atoms with Gasteiger partial charge < -0.3 is 15.5 Å². The predicted octanol–water partition coefficient (Wildman–Crippen LogP) is 2.95. The molecule has 0 saturated carbocycles. The lowest BCUT2D eigenvalue weighted by molar-refractivity contribution is -0.119. The van der Waals surface area contributed by atoms with Crippen molar-refractivity contribution < 1.29 is 9.18 Å². The summed E-state index contributed by atoms with van der Waals surface area (Å²) >= 11 is 0. The topological polar surface area (TPSA) is 62.5 Å². The molecule has 25 heavy (non-hydrogen) atoms. The van der Waals surface area contributed by atoms with Crippen LogP contribution in [-0.4, -0.2) is 30.0 Å². The summed E-state index contributed by atoms with van der Waals surface area (Å²) in [5, 5.41) is 0. The van der Waals surface area contributed by atoms with Crippen molar-refractivity contribution in [2.75, 3.05) is 22.9 Å². The smallest absolute Gasteiger partial charge is 0.239 e. The number of hydrogen-bond acceptors (Lipinski definition) is 4. The molecule has 1 heterocycles. The Labute approximate surface area is 148 Å². The van der Waals surface area contributed by atoms with Gasteiger partial charge in [0.05, 0.1) is 0 Å². The summed E-state index contributed by atoms with van der Waals surface area (Å²) in [6.07, 6.45) is 1.80. The fourth-order valence-electron chi connectivity index (χ4n) is 2.68. The SMILES string of the molecule is CCN(CC)c1ccc(CN(c2ccc(F)cc2)[C@@H](C)C(N)=O)cn1. The van der Waals surface area contributed by atoms with Crippen molar-refractivity contribution in [3.8, 4) is 0 Å². The Morgan fingerprint density at radius 3 is 2.28 bits per heavy atom. The van der Waals surface area contributed by atoms with Crippen molar-refractivity contribution >= 4 is 17.4 Å². The lowest BCUT2D eigenvalue weighted by Crippen LogP contribution is -2.42. The van der Waals surface area contributed by atoms with Gasteiger partial charge in [-0.1, -0.05) is 6.07 Å². The third-order valence-electron chi connectivity index (χ3n) is 4.29. The molecule has 0 fully saturated rings. The zero-order chi connectivity index (χ0) is 18.4. The largest absolute Gasteiger partial charge is 0.368 e. The van der Waals surface area contributed by atoms with E-state index in [0.717, 1.165) is 30.2 Å². The first-order valence-corrected chi connectivity index (χ1v) is 8.47. The van der Waals surface area contributed by atoms with Gasteiger partial charge in [-0.25, -0.2) is 9.37 Å². The fraction of sp³-hybridized carbons (Fsp3) is 0.368. The summed E-state index contributed by atoms with van der Waals surface area (Å²) in [7, 11) is 0. The van der Waals surface area contributed by atoms with Crippen LogP contribution in [0.25, 0.3) is 0 Å². The number of amides is 1. The number of hydrogen-bond donors (Lipinski definition) is 1. The zero-order valence-corrected chi connectivity index (χ0v) is 14.9. The van der Waals surface area contributed by atoms with E-state index < -0.39 is 11.9 Å². The van der Waals surface area contributed by atoms with Gasteiger partial charge in [0.15, 0.2) is 0 Å². The molecule has 0 radical (unpaired) electrons. The van der Waals surface area contributed by atoms with Gasteiger partial charge in [0, 0.05) is 31.5 Å². The van der Waals surface area contributed by atoms with E-state index in [1.165, 1.54) is 12.1 Å². The number of anilines is 2. The van der Waals surface area contributed by atoms with Crippen molar-refractivity contribution in [2.24, 2.45) is 5.73 Å². The summed E-state index contributed by atoms with van der Waals surface area (Å²) in [5.74, 6) is 0.169. The highest BCUT2D eigenvalue weighted by molar-refractivity contribution is 5.83. The summed E-state index contributed by atoms with van der Waals surface area (Å²) in [5.41, 5.74) is 7.17. The molecule has 6 heteroatoms. The van der Waals surface area contributed by atoms with Crippen LogP contribution in [0.2, 0.25) is 0 Å². The maximum atomic E-state index is 13.2. The normalized spacial score (nSPS) is 11.8. The maximum absolute atomic E-state index is 13.2. The van der Waals surface area contributed by atoms with Gasteiger partial charge >= 0.3 is 0 Å². The molecule has 1 aromatic carbocycles. The minimum Gasteiger partial charge on any atom is -0.368 e.